The molecule has 2 nitrogen and oxygen atoms in total. The molecule has 0 saturated heterocycles. The first-order valence-corrected chi connectivity index (χ1v) is 6.71. The second-order valence-corrected chi connectivity index (χ2v) is 4.98. The minimum absolute atomic E-state index is 0.225. The van der Waals surface area contributed by atoms with Gasteiger partial charge in [0.2, 0.25) is 0 Å². The first-order chi connectivity index (χ1) is 9.17. The predicted molar refractivity (Wildman–Crippen MR) is 78.0 cm³/mol. The van der Waals surface area contributed by atoms with Crippen molar-refractivity contribution in [3.8, 4) is 5.75 Å². The molecule has 1 unspecified atom stereocenters. The van der Waals surface area contributed by atoms with Crippen LogP contribution in [0.4, 0.5) is 4.39 Å². The van der Waals surface area contributed by atoms with E-state index in [1.807, 2.05) is 31.3 Å². The maximum Gasteiger partial charge on any atom is 0.128 e. The molecule has 0 aromatic heterocycles. The lowest BCUT2D eigenvalue weighted by atomic mass is 9.98. The van der Waals surface area contributed by atoms with E-state index in [0.29, 0.717) is 5.56 Å². The summed E-state index contributed by atoms with van der Waals surface area (Å²) in [6.45, 7) is 0. The number of rotatable bonds is 4. The maximum atomic E-state index is 13.9. The van der Waals surface area contributed by atoms with Gasteiger partial charge in [-0.25, -0.2) is 4.39 Å². The average molecular weight is 324 g/mol. The van der Waals surface area contributed by atoms with Crippen molar-refractivity contribution >= 4 is 15.9 Å². The van der Waals surface area contributed by atoms with Crippen LogP contribution in [0.15, 0.2) is 46.9 Å². The molecule has 2 rings (SSSR count). The summed E-state index contributed by atoms with van der Waals surface area (Å²) in [6.07, 6.45) is 0. The normalized spacial score (nSPS) is 12.2. The highest BCUT2D eigenvalue weighted by Gasteiger charge is 2.18. The molecule has 100 valence electrons. The van der Waals surface area contributed by atoms with E-state index in [0.717, 1.165) is 15.8 Å². The molecule has 0 aliphatic heterocycles. The van der Waals surface area contributed by atoms with Crippen molar-refractivity contribution in [2.75, 3.05) is 14.2 Å². The SMILES string of the molecule is CNC(c1ccccc1F)c1cc(OC)ccc1Br. The first-order valence-electron chi connectivity index (χ1n) is 5.92. The van der Waals surface area contributed by atoms with Gasteiger partial charge in [-0.3, -0.25) is 0 Å². The van der Waals surface area contributed by atoms with Crippen LogP contribution in [0, 0.1) is 5.82 Å². The molecule has 4 heteroatoms. The summed E-state index contributed by atoms with van der Waals surface area (Å²) in [5, 5.41) is 3.14. The minimum Gasteiger partial charge on any atom is -0.497 e. The Labute approximate surface area is 120 Å². The van der Waals surface area contributed by atoms with Gasteiger partial charge in [0.05, 0.1) is 13.2 Å². The number of halogens is 2. The third-order valence-corrected chi connectivity index (χ3v) is 3.74. The molecule has 19 heavy (non-hydrogen) atoms. The largest absolute Gasteiger partial charge is 0.497 e. The first kappa shape index (κ1) is 14.0. The molecule has 0 amide bonds. The number of hydrogen-bond acceptors (Lipinski definition) is 2. The van der Waals surface area contributed by atoms with Gasteiger partial charge in [-0.15, -0.1) is 0 Å². The van der Waals surface area contributed by atoms with E-state index in [-0.39, 0.29) is 11.9 Å². The Morgan fingerprint density at radius 2 is 1.89 bits per heavy atom. The van der Waals surface area contributed by atoms with Crippen LogP contribution in [-0.4, -0.2) is 14.2 Å². The topological polar surface area (TPSA) is 21.3 Å². The average Bonchev–Trinajstić information content (AvgIpc) is 2.43. The fourth-order valence-corrected chi connectivity index (χ4v) is 2.53. The van der Waals surface area contributed by atoms with Crippen molar-refractivity contribution in [3.05, 3.63) is 63.9 Å². The van der Waals surface area contributed by atoms with Gasteiger partial charge in [-0.05, 0) is 36.9 Å². The van der Waals surface area contributed by atoms with Crippen LogP contribution in [-0.2, 0) is 0 Å². The Morgan fingerprint density at radius 3 is 2.53 bits per heavy atom. The molecular weight excluding hydrogens is 309 g/mol. The second kappa shape index (κ2) is 6.17. The van der Waals surface area contributed by atoms with Gasteiger partial charge in [0, 0.05) is 10.0 Å². The maximum absolute atomic E-state index is 13.9. The Balaban J connectivity index is 2.51. The monoisotopic (exact) mass is 323 g/mol. The van der Waals surface area contributed by atoms with E-state index in [4.69, 9.17) is 4.74 Å². The van der Waals surface area contributed by atoms with Gasteiger partial charge in [0.1, 0.15) is 11.6 Å². The molecule has 0 saturated carbocycles. The summed E-state index contributed by atoms with van der Waals surface area (Å²) in [6, 6.07) is 12.2. The van der Waals surface area contributed by atoms with Crippen molar-refractivity contribution in [1.29, 1.82) is 0 Å². The van der Waals surface area contributed by atoms with E-state index >= 15 is 0 Å². The summed E-state index contributed by atoms with van der Waals surface area (Å²) < 4.78 is 20.1. The molecule has 2 aromatic rings. The highest BCUT2D eigenvalue weighted by molar-refractivity contribution is 9.10. The van der Waals surface area contributed by atoms with Crippen LogP contribution in [0.5, 0.6) is 5.75 Å². The van der Waals surface area contributed by atoms with Crippen LogP contribution in [0.3, 0.4) is 0 Å². The van der Waals surface area contributed by atoms with Crippen LogP contribution in [0.25, 0.3) is 0 Å². The van der Waals surface area contributed by atoms with E-state index in [2.05, 4.69) is 21.2 Å². The molecule has 0 bridgehead atoms. The zero-order valence-corrected chi connectivity index (χ0v) is 12.4. The van der Waals surface area contributed by atoms with E-state index in [9.17, 15) is 4.39 Å². The third-order valence-electron chi connectivity index (χ3n) is 3.02. The molecule has 0 radical (unpaired) electrons. The van der Waals surface area contributed by atoms with E-state index in [1.54, 1.807) is 19.2 Å². The number of hydrogen-bond donors (Lipinski definition) is 1. The van der Waals surface area contributed by atoms with Gasteiger partial charge in [-0.1, -0.05) is 34.1 Å². The summed E-state index contributed by atoms with van der Waals surface area (Å²) in [5.41, 5.74) is 1.55. The Bertz CT molecular complexity index is 574. The molecule has 0 aliphatic rings. The van der Waals surface area contributed by atoms with Crippen molar-refractivity contribution < 1.29 is 9.13 Å². The van der Waals surface area contributed by atoms with Gasteiger partial charge in [-0.2, -0.15) is 0 Å². The smallest absolute Gasteiger partial charge is 0.128 e. The summed E-state index contributed by atoms with van der Waals surface area (Å²) in [4.78, 5) is 0. The fourth-order valence-electron chi connectivity index (χ4n) is 2.06. The van der Waals surface area contributed by atoms with Gasteiger partial charge in [0.25, 0.3) is 0 Å². The standard InChI is InChI=1S/C15H15BrFNO/c1-18-15(11-5-3-4-6-14(11)17)12-9-10(19-2)7-8-13(12)16/h3-9,15,18H,1-2H3. The van der Waals surface area contributed by atoms with Crippen molar-refractivity contribution in [2.45, 2.75) is 6.04 Å². The minimum atomic E-state index is -0.231. The van der Waals surface area contributed by atoms with E-state index < -0.39 is 0 Å². The van der Waals surface area contributed by atoms with Gasteiger partial charge in [0.15, 0.2) is 0 Å². The number of benzene rings is 2. The number of methoxy groups -OCH3 is 1. The van der Waals surface area contributed by atoms with Crippen LogP contribution in [0.2, 0.25) is 0 Å². The summed E-state index contributed by atoms with van der Waals surface area (Å²) >= 11 is 3.50. The van der Waals surface area contributed by atoms with Gasteiger partial charge < -0.3 is 10.1 Å². The molecule has 1 atom stereocenters. The molecule has 0 aliphatic carbocycles. The molecule has 2 aromatic carbocycles. The molecule has 0 spiro atoms. The van der Waals surface area contributed by atoms with Crippen molar-refractivity contribution in [2.24, 2.45) is 0 Å². The quantitative estimate of drug-likeness (QED) is 0.921. The fraction of sp³-hybridized carbons (Fsp3) is 0.200. The highest BCUT2D eigenvalue weighted by Crippen LogP contribution is 2.32. The van der Waals surface area contributed by atoms with Crippen LogP contribution >= 0.6 is 15.9 Å². The third kappa shape index (κ3) is 2.96. The zero-order valence-electron chi connectivity index (χ0n) is 10.8. The zero-order chi connectivity index (χ0) is 13.8. The highest BCUT2D eigenvalue weighted by atomic mass is 79.9. The second-order valence-electron chi connectivity index (χ2n) is 4.13. The van der Waals surface area contributed by atoms with E-state index in [1.165, 1.54) is 6.07 Å². The van der Waals surface area contributed by atoms with Crippen LogP contribution < -0.4 is 10.1 Å². The number of ether oxygens (including phenoxy) is 1. The summed E-state index contributed by atoms with van der Waals surface area (Å²) in [5.74, 6) is 0.520. The molecule has 0 fully saturated rings. The van der Waals surface area contributed by atoms with Crippen LogP contribution in [0.1, 0.15) is 17.2 Å². The molecule has 1 N–H and O–H groups in total. The van der Waals surface area contributed by atoms with Crippen molar-refractivity contribution in [1.82, 2.24) is 5.32 Å². The lowest BCUT2D eigenvalue weighted by Crippen LogP contribution is -2.19. The lowest BCUT2D eigenvalue weighted by molar-refractivity contribution is 0.413. The Hall–Kier alpha value is -1.39. The van der Waals surface area contributed by atoms with Gasteiger partial charge >= 0.3 is 0 Å². The Morgan fingerprint density at radius 1 is 1.16 bits per heavy atom. The molecule has 0 heterocycles. The Kier molecular flexibility index (Phi) is 4.56. The number of nitrogens with one attached hydrogen (secondary N) is 1. The summed E-state index contributed by atoms with van der Waals surface area (Å²) in [7, 11) is 3.42. The lowest BCUT2D eigenvalue weighted by Gasteiger charge is -2.20. The molecular formula is C15H15BrFNO. The predicted octanol–water partition coefficient (Wildman–Crippen LogP) is 3.91. The van der Waals surface area contributed by atoms with Crippen molar-refractivity contribution in [3.63, 3.8) is 0 Å².